The highest BCUT2D eigenvalue weighted by atomic mass is 32.2. The maximum atomic E-state index is 12.4. The number of carbonyl (C=O) groups is 1. The number of hydrogen-bond donors (Lipinski definition) is 0. The molecule has 1 heterocycles. The molecule has 2 rings (SSSR count). The third-order valence-corrected chi connectivity index (χ3v) is 6.92. The highest BCUT2D eigenvalue weighted by Gasteiger charge is 2.21. The molecule has 0 fully saturated rings. The second-order valence-corrected chi connectivity index (χ2v) is 14.1. The van der Waals surface area contributed by atoms with Crippen LogP contribution in [-0.2, 0) is 10.0 Å². The van der Waals surface area contributed by atoms with Gasteiger partial charge < -0.3 is 0 Å². The van der Waals surface area contributed by atoms with E-state index in [-0.39, 0.29) is 5.75 Å². The third kappa shape index (κ3) is 3.59. The Hall–Kier alpha value is -1.47. The Kier molecular flexibility index (Phi) is 4.07. The molecule has 114 valence electrons. The van der Waals surface area contributed by atoms with Gasteiger partial charge in [0.15, 0.2) is 0 Å². The fraction of sp³-hybridized carbons (Fsp3) is 0.429. The van der Waals surface area contributed by atoms with Gasteiger partial charge in [-0.2, -0.15) is 9.19 Å². The summed E-state index contributed by atoms with van der Waals surface area (Å²) >= 11 is 0. The summed E-state index contributed by atoms with van der Waals surface area (Å²) in [6.07, 6.45) is 2.25. The lowest BCUT2D eigenvalue weighted by Crippen LogP contribution is -2.26. The van der Waals surface area contributed by atoms with Crippen LogP contribution in [0.1, 0.15) is 15.9 Å². The number of nitrogens with zero attached hydrogens (tertiary/aromatic N) is 2. The van der Waals surface area contributed by atoms with Crippen LogP contribution >= 0.6 is 0 Å². The first kappa shape index (κ1) is 15.9. The second-order valence-electron chi connectivity index (χ2n) is 6.52. The lowest BCUT2D eigenvalue weighted by molar-refractivity contribution is 0.112. The summed E-state index contributed by atoms with van der Waals surface area (Å²) in [6.45, 7) is 8.25. The van der Waals surface area contributed by atoms with Crippen molar-refractivity contribution in [2.24, 2.45) is 0 Å². The average Bonchev–Trinajstić information content (AvgIpc) is 2.81. The molecule has 0 aliphatic heterocycles. The summed E-state index contributed by atoms with van der Waals surface area (Å²) in [4.78, 5) is 10.9. The van der Waals surface area contributed by atoms with E-state index in [1.165, 1.54) is 6.20 Å². The van der Waals surface area contributed by atoms with Gasteiger partial charge in [0.25, 0.3) is 10.0 Å². The summed E-state index contributed by atoms with van der Waals surface area (Å²) in [6, 6.07) is 4.07. The third-order valence-electron chi connectivity index (χ3n) is 3.33. The summed E-state index contributed by atoms with van der Waals surface area (Å²) in [5.74, 6) is 0.107. The van der Waals surface area contributed by atoms with Crippen molar-refractivity contribution >= 4 is 35.3 Å². The molecular formula is C14H20N2O3SSi. The van der Waals surface area contributed by atoms with Crippen molar-refractivity contribution in [3.63, 3.8) is 0 Å². The molecule has 0 unspecified atom stereocenters. The minimum atomic E-state index is -3.44. The van der Waals surface area contributed by atoms with Gasteiger partial charge in [-0.05, 0) is 30.7 Å². The Morgan fingerprint density at radius 1 is 1.29 bits per heavy atom. The molecular weight excluding hydrogens is 304 g/mol. The van der Waals surface area contributed by atoms with Crippen molar-refractivity contribution in [1.82, 2.24) is 9.19 Å². The smallest absolute Gasteiger partial charge is 0.253 e. The van der Waals surface area contributed by atoms with Gasteiger partial charge >= 0.3 is 0 Å². The van der Waals surface area contributed by atoms with Crippen LogP contribution in [0.3, 0.4) is 0 Å². The zero-order valence-electron chi connectivity index (χ0n) is 12.8. The molecule has 7 heteroatoms. The predicted molar refractivity (Wildman–Crippen MR) is 87.2 cm³/mol. The van der Waals surface area contributed by atoms with Gasteiger partial charge in [-0.25, -0.2) is 8.42 Å². The van der Waals surface area contributed by atoms with Crippen molar-refractivity contribution in [2.75, 3.05) is 5.75 Å². The molecule has 0 aliphatic carbocycles. The van der Waals surface area contributed by atoms with Crippen molar-refractivity contribution in [1.29, 1.82) is 0 Å². The number of aryl methyl sites for hydroxylation is 1. The van der Waals surface area contributed by atoms with Crippen molar-refractivity contribution in [3.05, 3.63) is 29.5 Å². The molecule has 2 aromatic rings. The van der Waals surface area contributed by atoms with Crippen LogP contribution in [0.2, 0.25) is 25.7 Å². The Labute approximate surface area is 126 Å². The second kappa shape index (κ2) is 5.38. The number of benzene rings is 1. The average molecular weight is 324 g/mol. The quantitative estimate of drug-likeness (QED) is 0.626. The largest absolute Gasteiger partial charge is 0.298 e. The summed E-state index contributed by atoms with van der Waals surface area (Å²) in [5.41, 5.74) is 1.95. The number of fused-ring (bicyclic) bond motifs is 1. The van der Waals surface area contributed by atoms with Crippen molar-refractivity contribution in [3.8, 4) is 0 Å². The molecule has 0 spiro atoms. The van der Waals surface area contributed by atoms with Crippen molar-refractivity contribution < 1.29 is 13.2 Å². The Balaban J connectivity index is 2.43. The lowest BCUT2D eigenvalue weighted by atomic mass is 10.1. The first-order valence-corrected chi connectivity index (χ1v) is 12.1. The van der Waals surface area contributed by atoms with E-state index in [9.17, 15) is 13.2 Å². The molecule has 0 saturated heterocycles. The van der Waals surface area contributed by atoms with Gasteiger partial charge in [-0.1, -0.05) is 19.6 Å². The van der Waals surface area contributed by atoms with Gasteiger partial charge in [0, 0.05) is 19.0 Å². The number of rotatable bonds is 5. The summed E-state index contributed by atoms with van der Waals surface area (Å²) in [5, 5.41) is 4.86. The maximum Gasteiger partial charge on any atom is 0.253 e. The molecule has 0 aliphatic rings. The SMILES string of the molecule is Cc1cc(C=O)cc2cn(S(=O)(=O)CC[Si](C)(C)C)nc12. The van der Waals surface area contributed by atoms with E-state index in [0.29, 0.717) is 22.5 Å². The molecule has 0 radical (unpaired) electrons. The van der Waals surface area contributed by atoms with Crippen LogP contribution in [0.4, 0.5) is 0 Å². The van der Waals surface area contributed by atoms with Gasteiger partial charge in [0.2, 0.25) is 0 Å². The van der Waals surface area contributed by atoms with Gasteiger partial charge in [0.1, 0.15) is 6.29 Å². The van der Waals surface area contributed by atoms with Crippen LogP contribution in [0, 0.1) is 6.92 Å². The minimum absolute atomic E-state index is 0.107. The Morgan fingerprint density at radius 3 is 2.52 bits per heavy atom. The van der Waals surface area contributed by atoms with Gasteiger partial charge in [-0.3, -0.25) is 4.79 Å². The van der Waals surface area contributed by atoms with Gasteiger partial charge in [-0.15, -0.1) is 0 Å². The highest BCUT2D eigenvalue weighted by Crippen LogP contribution is 2.20. The van der Waals surface area contributed by atoms with E-state index >= 15 is 0 Å². The van der Waals surface area contributed by atoms with Gasteiger partial charge in [0.05, 0.1) is 17.5 Å². The van der Waals surface area contributed by atoms with E-state index in [4.69, 9.17) is 0 Å². The van der Waals surface area contributed by atoms with E-state index in [1.54, 1.807) is 12.1 Å². The zero-order chi connectivity index (χ0) is 15.8. The molecule has 5 nitrogen and oxygen atoms in total. The predicted octanol–water partition coefficient (Wildman–Crippen LogP) is 2.67. The lowest BCUT2D eigenvalue weighted by Gasteiger charge is -2.15. The van der Waals surface area contributed by atoms with Crippen LogP contribution in [0.15, 0.2) is 18.3 Å². The summed E-state index contributed by atoms with van der Waals surface area (Å²) < 4.78 is 25.8. The minimum Gasteiger partial charge on any atom is -0.298 e. The van der Waals surface area contributed by atoms with Crippen LogP contribution in [0.5, 0.6) is 0 Å². The van der Waals surface area contributed by atoms with E-state index in [2.05, 4.69) is 24.7 Å². The highest BCUT2D eigenvalue weighted by molar-refractivity contribution is 7.89. The Morgan fingerprint density at radius 2 is 1.95 bits per heavy atom. The number of aromatic nitrogens is 2. The fourth-order valence-electron chi connectivity index (χ4n) is 2.06. The van der Waals surface area contributed by atoms with Crippen LogP contribution < -0.4 is 0 Å². The van der Waals surface area contributed by atoms with E-state index in [0.717, 1.165) is 15.9 Å². The fourth-order valence-corrected chi connectivity index (χ4v) is 6.20. The first-order valence-electron chi connectivity index (χ1n) is 6.81. The van der Waals surface area contributed by atoms with Crippen molar-refractivity contribution in [2.45, 2.75) is 32.6 Å². The topological polar surface area (TPSA) is 69.0 Å². The molecule has 21 heavy (non-hydrogen) atoms. The molecule has 0 bridgehead atoms. The standard InChI is InChI=1S/C14H20N2O3SSi/c1-11-7-12(10-17)8-13-9-16(15-14(11)13)20(18,19)5-6-21(2,3)4/h7-10H,5-6H2,1-4H3. The van der Waals surface area contributed by atoms with Crippen LogP contribution in [0.25, 0.3) is 10.9 Å². The maximum absolute atomic E-state index is 12.4. The molecule has 1 aromatic heterocycles. The number of hydrogen-bond acceptors (Lipinski definition) is 4. The first-order chi connectivity index (χ1) is 9.62. The molecule has 1 aromatic carbocycles. The molecule has 0 amide bonds. The number of carbonyl (C=O) groups excluding carboxylic acids is 1. The molecule has 0 atom stereocenters. The molecule has 0 N–H and O–H groups in total. The van der Waals surface area contributed by atoms with Crippen LogP contribution in [-0.4, -0.2) is 37.7 Å². The normalized spacial score (nSPS) is 12.8. The van der Waals surface area contributed by atoms with E-state index in [1.807, 2.05) is 6.92 Å². The zero-order valence-corrected chi connectivity index (χ0v) is 14.6. The summed E-state index contributed by atoms with van der Waals surface area (Å²) in [7, 11) is -4.87. The molecule has 0 saturated carbocycles. The van der Waals surface area contributed by atoms with E-state index < -0.39 is 18.1 Å². The number of aldehydes is 1. The monoisotopic (exact) mass is 324 g/mol. The Bertz CT molecular complexity index is 788.